The molecule has 2 heterocycles. The standard InChI is InChI=1S/C11H16N4O3S/c1-6-5-12-11(18-6)9(4)15-19(16,17)10-7(2)13-14-8(10)3/h5,9,15H,1-4H3,(H,13,14). The SMILES string of the molecule is Cc1cnc(C(C)NS(=O)(=O)c2c(C)n[nH]c2C)o1. The Morgan fingerprint density at radius 1 is 1.37 bits per heavy atom. The van der Waals surface area contributed by atoms with Gasteiger partial charge in [0.25, 0.3) is 0 Å². The summed E-state index contributed by atoms with van der Waals surface area (Å²) >= 11 is 0. The Balaban J connectivity index is 2.27. The van der Waals surface area contributed by atoms with Gasteiger partial charge >= 0.3 is 0 Å². The van der Waals surface area contributed by atoms with E-state index in [-0.39, 0.29) is 4.90 Å². The number of nitrogens with zero attached hydrogens (tertiary/aromatic N) is 2. The molecule has 1 atom stereocenters. The van der Waals surface area contributed by atoms with E-state index < -0.39 is 16.1 Å². The van der Waals surface area contributed by atoms with Gasteiger partial charge < -0.3 is 4.42 Å². The average molecular weight is 284 g/mol. The summed E-state index contributed by atoms with van der Waals surface area (Å²) in [5, 5.41) is 6.54. The van der Waals surface area contributed by atoms with Crippen LogP contribution in [0, 0.1) is 20.8 Å². The number of nitrogens with one attached hydrogen (secondary N) is 2. The summed E-state index contributed by atoms with van der Waals surface area (Å²) in [4.78, 5) is 4.18. The van der Waals surface area contributed by atoms with Crippen LogP contribution in [0.25, 0.3) is 0 Å². The monoisotopic (exact) mass is 284 g/mol. The van der Waals surface area contributed by atoms with Crippen molar-refractivity contribution in [3.63, 3.8) is 0 Å². The fraction of sp³-hybridized carbons (Fsp3) is 0.455. The fourth-order valence-corrected chi connectivity index (χ4v) is 3.42. The summed E-state index contributed by atoms with van der Waals surface area (Å²) in [6.45, 7) is 6.72. The first kappa shape index (κ1) is 13.8. The van der Waals surface area contributed by atoms with Gasteiger partial charge in [0, 0.05) is 0 Å². The van der Waals surface area contributed by atoms with Crippen LogP contribution in [0.2, 0.25) is 0 Å². The van der Waals surface area contributed by atoms with Crippen LogP contribution in [0.4, 0.5) is 0 Å². The topological polar surface area (TPSA) is 101 Å². The van der Waals surface area contributed by atoms with Gasteiger partial charge in [-0.2, -0.15) is 9.82 Å². The second-order valence-corrected chi connectivity index (χ2v) is 6.07. The van der Waals surface area contributed by atoms with Gasteiger partial charge in [0.15, 0.2) is 0 Å². The summed E-state index contributed by atoms with van der Waals surface area (Å²) in [5.41, 5.74) is 0.932. The third kappa shape index (κ3) is 2.69. The zero-order valence-electron chi connectivity index (χ0n) is 11.2. The van der Waals surface area contributed by atoms with Crippen molar-refractivity contribution in [3.8, 4) is 0 Å². The van der Waals surface area contributed by atoms with Crippen LogP contribution in [0.5, 0.6) is 0 Å². The summed E-state index contributed by atoms with van der Waals surface area (Å²) < 4.78 is 32.4. The van der Waals surface area contributed by atoms with E-state index in [0.717, 1.165) is 0 Å². The quantitative estimate of drug-likeness (QED) is 0.882. The van der Waals surface area contributed by atoms with E-state index in [1.807, 2.05) is 0 Å². The van der Waals surface area contributed by atoms with Crippen LogP contribution in [-0.2, 0) is 10.0 Å². The van der Waals surface area contributed by atoms with Crippen molar-refractivity contribution in [1.29, 1.82) is 0 Å². The second kappa shape index (κ2) is 4.78. The maximum absolute atomic E-state index is 12.3. The van der Waals surface area contributed by atoms with E-state index >= 15 is 0 Å². The lowest BCUT2D eigenvalue weighted by Gasteiger charge is -2.11. The highest BCUT2D eigenvalue weighted by molar-refractivity contribution is 7.89. The van der Waals surface area contributed by atoms with Crippen LogP contribution < -0.4 is 4.72 Å². The highest BCUT2D eigenvalue weighted by Gasteiger charge is 2.26. The third-order valence-corrected chi connectivity index (χ3v) is 4.47. The average Bonchev–Trinajstić information content (AvgIpc) is 2.85. The first-order valence-electron chi connectivity index (χ1n) is 5.77. The summed E-state index contributed by atoms with van der Waals surface area (Å²) in [6.07, 6.45) is 1.55. The van der Waals surface area contributed by atoms with Gasteiger partial charge in [-0.05, 0) is 27.7 Å². The maximum Gasteiger partial charge on any atom is 0.244 e. The van der Waals surface area contributed by atoms with E-state index in [1.165, 1.54) is 0 Å². The summed E-state index contributed by atoms with van der Waals surface area (Å²) in [7, 11) is -3.66. The number of aryl methyl sites for hydroxylation is 3. The van der Waals surface area contributed by atoms with E-state index in [0.29, 0.717) is 23.0 Å². The molecule has 0 aliphatic heterocycles. The lowest BCUT2D eigenvalue weighted by molar-refractivity contribution is 0.427. The molecule has 8 heteroatoms. The number of aromatic amines is 1. The predicted molar refractivity (Wildman–Crippen MR) is 68.0 cm³/mol. The van der Waals surface area contributed by atoms with Gasteiger partial charge in [0.2, 0.25) is 15.9 Å². The van der Waals surface area contributed by atoms with E-state index in [1.54, 1.807) is 33.9 Å². The van der Waals surface area contributed by atoms with E-state index in [2.05, 4.69) is 19.9 Å². The van der Waals surface area contributed by atoms with Crippen molar-refractivity contribution in [3.05, 3.63) is 29.2 Å². The van der Waals surface area contributed by atoms with Crippen LogP contribution in [0.3, 0.4) is 0 Å². The second-order valence-electron chi connectivity index (χ2n) is 4.42. The zero-order chi connectivity index (χ0) is 14.2. The number of hydrogen-bond donors (Lipinski definition) is 2. The molecular formula is C11H16N4O3S. The Bertz CT molecular complexity index is 667. The highest BCUT2D eigenvalue weighted by atomic mass is 32.2. The molecule has 0 aromatic carbocycles. The molecule has 2 aromatic rings. The van der Waals surface area contributed by atoms with Crippen molar-refractivity contribution >= 4 is 10.0 Å². The minimum absolute atomic E-state index is 0.169. The molecule has 0 aliphatic carbocycles. The predicted octanol–water partition coefficient (Wildman–Crippen LogP) is 1.36. The normalized spacial score (nSPS) is 13.7. The van der Waals surface area contributed by atoms with Crippen LogP contribution in [0.1, 0.15) is 36.0 Å². The van der Waals surface area contributed by atoms with E-state index in [9.17, 15) is 8.42 Å². The Kier molecular flexibility index (Phi) is 3.46. The number of H-pyrrole nitrogens is 1. The number of hydrogen-bond acceptors (Lipinski definition) is 5. The van der Waals surface area contributed by atoms with Crippen molar-refractivity contribution in [2.75, 3.05) is 0 Å². The zero-order valence-corrected chi connectivity index (χ0v) is 12.0. The Morgan fingerprint density at radius 2 is 2.05 bits per heavy atom. The van der Waals surface area contributed by atoms with Crippen molar-refractivity contribution in [2.45, 2.75) is 38.6 Å². The third-order valence-electron chi connectivity index (χ3n) is 2.67. The largest absolute Gasteiger partial charge is 0.444 e. The smallest absolute Gasteiger partial charge is 0.244 e. The van der Waals surface area contributed by atoms with Gasteiger partial charge in [-0.15, -0.1) is 0 Å². The lowest BCUT2D eigenvalue weighted by Crippen LogP contribution is -2.27. The molecule has 0 amide bonds. The van der Waals surface area contributed by atoms with Crippen molar-refractivity contribution < 1.29 is 12.8 Å². The number of oxazole rings is 1. The first-order valence-corrected chi connectivity index (χ1v) is 7.26. The van der Waals surface area contributed by atoms with Gasteiger partial charge in [0.05, 0.1) is 23.6 Å². The molecule has 0 bridgehead atoms. The van der Waals surface area contributed by atoms with Gasteiger partial charge in [-0.1, -0.05) is 0 Å². The number of sulfonamides is 1. The molecule has 1 unspecified atom stereocenters. The molecule has 2 rings (SSSR count). The Morgan fingerprint density at radius 3 is 2.53 bits per heavy atom. The lowest BCUT2D eigenvalue weighted by atomic mass is 10.4. The van der Waals surface area contributed by atoms with Crippen molar-refractivity contribution in [1.82, 2.24) is 19.9 Å². The summed E-state index contributed by atoms with van der Waals surface area (Å²) in [6, 6.07) is -0.549. The molecule has 0 radical (unpaired) electrons. The Labute approximate surface area is 111 Å². The first-order chi connectivity index (χ1) is 8.81. The van der Waals surface area contributed by atoms with Crippen LogP contribution in [-0.4, -0.2) is 23.6 Å². The van der Waals surface area contributed by atoms with Gasteiger partial charge in [-0.3, -0.25) is 5.10 Å². The molecule has 2 aromatic heterocycles. The van der Waals surface area contributed by atoms with E-state index in [4.69, 9.17) is 4.42 Å². The molecule has 19 heavy (non-hydrogen) atoms. The number of aromatic nitrogens is 3. The van der Waals surface area contributed by atoms with Gasteiger partial charge in [-0.25, -0.2) is 13.4 Å². The van der Waals surface area contributed by atoms with Crippen LogP contribution >= 0.6 is 0 Å². The molecule has 0 aliphatic rings. The number of rotatable bonds is 4. The molecule has 2 N–H and O–H groups in total. The molecule has 0 fully saturated rings. The molecule has 0 saturated carbocycles. The van der Waals surface area contributed by atoms with Crippen molar-refractivity contribution in [2.24, 2.45) is 0 Å². The fourth-order valence-electron chi connectivity index (χ4n) is 1.85. The molecule has 104 valence electrons. The minimum atomic E-state index is -3.66. The van der Waals surface area contributed by atoms with Gasteiger partial charge in [0.1, 0.15) is 10.7 Å². The summed E-state index contributed by atoms with van der Waals surface area (Å²) in [5.74, 6) is 0.969. The molecule has 0 spiro atoms. The van der Waals surface area contributed by atoms with Crippen LogP contribution in [0.15, 0.2) is 15.5 Å². The Hall–Kier alpha value is -1.67. The molecular weight excluding hydrogens is 268 g/mol. The molecule has 0 saturated heterocycles. The minimum Gasteiger partial charge on any atom is -0.444 e. The maximum atomic E-state index is 12.3. The molecule has 7 nitrogen and oxygen atoms in total. The highest BCUT2D eigenvalue weighted by Crippen LogP contribution is 2.20.